The third-order valence-corrected chi connectivity index (χ3v) is 2.25. The molecule has 0 fully saturated rings. The zero-order valence-electron chi connectivity index (χ0n) is 10.0. The summed E-state index contributed by atoms with van der Waals surface area (Å²) in [6.45, 7) is 3.94. The summed E-state index contributed by atoms with van der Waals surface area (Å²) in [6, 6.07) is -0.586. The fourth-order valence-corrected chi connectivity index (χ4v) is 1.22. The number of rotatable bonds is 7. The van der Waals surface area contributed by atoms with E-state index in [1.807, 2.05) is 13.8 Å². The average Bonchev–Trinajstić information content (AvgIpc) is 2.25. The maximum absolute atomic E-state index is 11.6. The van der Waals surface area contributed by atoms with Gasteiger partial charge in [-0.15, -0.1) is 0 Å². The SMILES string of the molecule is CC(C)NC(=O)C(C)NC(CO)(CO)CO. The van der Waals surface area contributed by atoms with E-state index in [1.54, 1.807) is 6.92 Å². The summed E-state index contributed by atoms with van der Waals surface area (Å²) in [4.78, 5) is 11.6. The zero-order valence-corrected chi connectivity index (χ0v) is 10.0. The van der Waals surface area contributed by atoms with Gasteiger partial charge in [0.05, 0.1) is 31.4 Å². The molecule has 0 aliphatic heterocycles. The minimum Gasteiger partial charge on any atom is -0.394 e. The quantitative estimate of drug-likeness (QED) is 0.358. The second-order valence-corrected chi connectivity index (χ2v) is 4.28. The number of aliphatic hydroxyl groups is 3. The Hall–Kier alpha value is -0.690. The predicted molar refractivity (Wildman–Crippen MR) is 59.9 cm³/mol. The largest absolute Gasteiger partial charge is 0.394 e. The van der Waals surface area contributed by atoms with E-state index in [2.05, 4.69) is 10.6 Å². The van der Waals surface area contributed by atoms with Gasteiger partial charge in [0.2, 0.25) is 5.91 Å². The van der Waals surface area contributed by atoms with Crippen LogP contribution in [-0.2, 0) is 4.79 Å². The first-order valence-corrected chi connectivity index (χ1v) is 5.31. The molecule has 0 aliphatic carbocycles. The van der Waals surface area contributed by atoms with Crippen LogP contribution < -0.4 is 10.6 Å². The second-order valence-electron chi connectivity index (χ2n) is 4.28. The van der Waals surface area contributed by atoms with Crippen molar-refractivity contribution in [2.45, 2.75) is 38.4 Å². The minimum atomic E-state index is -1.23. The van der Waals surface area contributed by atoms with Crippen LogP contribution in [0.2, 0.25) is 0 Å². The maximum Gasteiger partial charge on any atom is 0.237 e. The normalized spacial score (nSPS) is 13.9. The predicted octanol–water partition coefficient (Wildman–Crippen LogP) is -1.80. The molecule has 0 rings (SSSR count). The summed E-state index contributed by atoms with van der Waals surface area (Å²) in [5.74, 6) is -0.241. The van der Waals surface area contributed by atoms with Gasteiger partial charge < -0.3 is 20.6 Å². The van der Waals surface area contributed by atoms with E-state index in [4.69, 9.17) is 15.3 Å². The number of nitrogens with one attached hydrogen (secondary N) is 2. The van der Waals surface area contributed by atoms with Crippen LogP contribution >= 0.6 is 0 Å². The van der Waals surface area contributed by atoms with Crippen LogP contribution in [0.25, 0.3) is 0 Å². The topological polar surface area (TPSA) is 102 Å². The van der Waals surface area contributed by atoms with Gasteiger partial charge >= 0.3 is 0 Å². The molecule has 1 amide bonds. The Labute approximate surface area is 95.7 Å². The van der Waals surface area contributed by atoms with Gasteiger partial charge in [-0.3, -0.25) is 10.1 Å². The van der Waals surface area contributed by atoms with Crippen LogP contribution in [0, 0.1) is 0 Å². The van der Waals surface area contributed by atoms with E-state index < -0.39 is 31.4 Å². The lowest BCUT2D eigenvalue weighted by molar-refractivity contribution is -0.124. The van der Waals surface area contributed by atoms with Crippen molar-refractivity contribution >= 4 is 5.91 Å². The van der Waals surface area contributed by atoms with E-state index in [9.17, 15) is 4.79 Å². The monoisotopic (exact) mass is 234 g/mol. The summed E-state index contributed by atoms with van der Waals surface area (Å²) < 4.78 is 0. The van der Waals surface area contributed by atoms with Crippen molar-refractivity contribution in [1.29, 1.82) is 0 Å². The molecule has 0 aromatic rings. The van der Waals surface area contributed by atoms with Crippen LogP contribution in [-0.4, -0.2) is 58.7 Å². The smallest absolute Gasteiger partial charge is 0.237 e. The lowest BCUT2D eigenvalue weighted by Gasteiger charge is -2.32. The van der Waals surface area contributed by atoms with E-state index in [1.165, 1.54) is 0 Å². The summed E-state index contributed by atoms with van der Waals surface area (Å²) in [5, 5.41) is 32.6. The molecule has 0 radical (unpaired) electrons. The first-order chi connectivity index (χ1) is 7.40. The van der Waals surface area contributed by atoms with Gasteiger partial charge in [-0.2, -0.15) is 0 Å². The molecular formula is C10H22N2O4. The molecular weight excluding hydrogens is 212 g/mol. The number of aliphatic hydroxyl groups excluding tert-OH is 3. The highest BCUT2D eigenvalue weighted by Crippen LogP contribution is 2.03. The molecule has 0 aromatic carbocycles. The van der Waals surface area contributed by atoms with Crippen molar-refractivity contribution < 1.29 is 20.1 Å². The van der Waals surface area contributed by atoms with Crippen LogP contribution in [0.4, 0.5) is 0 Å². The summed E-state index contributed by atoms with van der Waals surface area (Å²) >= 11 is 0. The van der Waals surface area contributed by atoms with E-state index in [0.717, 1.165) is 0 Å². The molecule has 96 valence electrons. The zero-order chi connectivity index (χ0) is 12.8. The van der Waals surface area contributed by atoms with Crippen molar-refractivity contribution in [3.63, 3.8) is 0 Å². The van der Waals surface area contributed by atoms with Crippen molar-refractivity contribution in [3.8, 4) is 0 Å². The molecule has 0 spiro atoms. The highest BCUT2D eigenvalue weighted by molar-refractivity contribution is 5.81. The Balaban J connectivity index is 4.40. The highest BCUT2D eigenvalue weighted by Gasteiger charge is 2.31. The Kier molecular flexibility index (Phi) is 6.51. The number of carbonyl (C=O) groups is 1. The van der Waals surface area contributed by atoms with Crippen molar-refractivity contribution in [2.24, 2.45) is 0 Å². The molecule has 0 bridgehead atoms. The van der Waals surface area contributed by atoms with Crippen LogP contribution in [0.1, 0.15) is 20.8 Å². The molecule has 16 heavy (non-hydrogen) atoms. The number of carbonyl (C=O) groups excluding carboxylic acids is 1. The molecule has 0 aliphatic rings. The molecule has 0 saturated carbocycles. The number of hydrogen-bond donors (Lipinski definition) is 5. The lowest BCUT2D eigenvalue weighted by atomic mass is 10.0. The second kappa shape index (κ2) is 6.80. The van der Waals surface area contributed by atoms with E-state index >= 15 is 0 Å². The standard InChI is InChI=1S/C10H22N2O4/c1-7(2)11-9(16)8(3)12-10(4-13,5-14)6-15/h7-8,12-15H,4-6H2,1-3H3,(H,11,16). The van der Waals surface area contributed by atoms with E-state index in [0.29, 0.717) is 0 Å². The molecule has 0 aromatic heterocycles. The Morgan fingerprint density at radius 2 is 1.56 bits per heavy atom. The molecule has 1 unspecified atom stereocenters. The third kappa shape index (κ3) is 4.44. The maximum atomic E-state index is 11.6. The summed E-state index contributed by atoms with van der Waals surface area (Å²) in [6.07, 6.45) is 0. The Bertz CT molecular complexity index is 209. The molecule has 6 nitrogen and oxygen atoms in total. The van der Waals surface area contributed by atoms with Gasteiger partial charge in [0.15, 0.2) is 0 Å². The number of hydrogen-bond acceptors (Lipinski definition) is 5. The first kappa shape index (κ1) is 15.3. The van der Waals surface area contributed by atoms with Crippen LogP contribution in [0.5, 0.6) is 0 Å². The first-order valence-electron chi connectivity index (χ1n) is 5.31. The fraction of sp³-hybridized carbons (Fsp3) is 0.900. The number of amides is 1. The van der Waals surface area contributed by atoms with Crippen molar-refractivity contribution in [2.75, 3.05) is 19.8 Å². The van der Waals surface area contributed by atoms with Gasteiger partial charge in [0.25, 0.3) is 0 Å². The van der Waals surface area contributed by atoms with Gasteiger partial charge in [0, 0.05) is 6.04 Å². The molecule has 5 N–H and O–H groups in total. The lowest BCUT2D eigenvalue weighted by Crippen LogP contribution is -2.61. The Morgan fingerprint density at radius 3 is 1.88 bits per heavy atom. The average molecular weight is 234 g/mol. The summed E-state index contributed by atoms with van der Waals surface area (Å²) in [7, 11) is 0. The summed E-state index contributed by atoms with van der Waals surface area (Å²) in [5.41, 5.74) is -1.23. The van der Waals surface area contributed by atoms with Gasteiger partial charge in [0.1, 0.15) is 0 Å². The highest BCUT2D eigenvalue weighted by atomic mass is 16.3. The van der Waals surface area contributed by atoms with Gasteiger partial charge in [-0.05, 0) is 20.8 Å². The van der Waals surface area contributed by atoms with Crippen LogP contribution in [0.3, 0.4) is 0 Å². The molecule has 6 heteroatoms. The molecule has 0 saturated heterocycles. The van der Waals surface area contributed by atoms with Crippen molar-refractivity contribution in [1.82, 2.24) is 10.6 Å². The molecule has 0 heterocycles. The minimum absolute atomic E-state index is 0.0172. The van der Waals surface area contributed by atoms with E-state index in [-0.39, 0.29) is 11.9 Å². The van der Waals surface area contributed by atoms with Crippen molar-refractivity contribution in [3.05, 3.63) is 0 Å². The third-order valence-electron chi connectivity index (χ3n) is 2.25. The van der Waals surface area contributed by atoms with Crippen LogP contribution in [0.15, 0.2) is 0 Å². The van der Waals surface area contributed by atoms with Gasteiger partial charge in [-0.25, -0.2) is 0 Å². The Morgan fingerprint density at radius 1 is 1.12 bits per heavy atom. The molecule has 1 atom stereocenters. The fourth-order valence-electron chi connectivity index (χ4n) is 1.22. The van der Waals surface area contributed by atoms with Gasteiger partial charge in [-0.1, -0.05) is 0 Å².